The number of hydrogen-bond donors (Lipinski definition) is 1. The monoisotopic (exact) mass is 430 g/mol. The molecule has 0 aromatic heterocycles. The van der Waals surface area contributed by atoms with Crippen LogP contribution in [0.2, 0.25) is 0 Å². The highest BCUT2D eigenvalue weighted by molar-refractivity contribution is 7.92. The molecule has 0 spiro atoms. The van der Waals surface area contributed by atoms with E-state index in [0.29, 0.717) is 12.1 Å². The minimum absolute atomic E-state index is 0.231. The van der Waals surface area contributed by atoms with Gasteiger partial charge in [-0.3, -0.25) is 9.10 Å². The maximum Gasteiger partial charge on any atom is 0.244 e. The molecule has 2 atom stereocenters. The van der Waals surface area contributed by atoms with E-state index in [-0.39, 0.29) is 11.9 Å². The summed E-state index contributed by atoms with van der Waals surface area (Å²) in [5.74, 6) is -0.297. The summed E-state index contributed by atoms with van der Waals surface area (Å²) in [6.07, 6.45) is 1.52. The highest BCUT2D eigenvalue weighted by Gasteiger charge is 2.33. The van der Waals surface area contributed by atoms with Gasteiger partial charge in [-0.15, -0.1) is 0 Å². The number of amides is 1. The summed E-state index contributed by atoms with van der Waals surface area (Å²) in [6, 6.07) is 8.79. The Morgan fingerprint density at radius 1 is 0.967 bits per heavy atom. The molecule has 6 heteroatoms. The van der Waals surface area contributed by atoms with Crippen molar-refractivity contribution in [3.8, 4) is 0 Å². The van der Waals surface area contributed by atoms with Crippen molar-refractivity contribution in [2.45, 2.75) is 67.0 Å². The minimum atomic E-state index is -3.66. The number of aryl methyl sites for hydroxylation is 5. The molecule has 5 nitrogen and oxygen atoms in total. The van der Waals surface area contributed by atoms with E-state index in [1.165, 1.54) is 9.87 Å². The van der Waals surface area contributed by atoms with E-state index in [0.717, 1.165) is 34.1 Å². The average molecular weight is 431 g/mol. The molecule has 0 heterocycles. The van der Waals surface area contributed by atoms with Crippen LogP contribution in [0.25, 0.3) is 0 Å². The predicted octanol–water partition coefficient (Wildman–Crippen LogP) is 4.65. The second kappa shape index (κ2) is 9.21. The first-order chi connectivity index (χ1) is 13.9. The Kier molecular flexibility index (Phi) is 7.35. The van der Waals surface area contributed by atoms with Gasteiger partial charge >= 0.3 is 0 Å². The van der Waals surface area contributed by atoms with Gasteiger partial charge < -0.3 is 5.32 Å². The lowest BCUT2D eigenvalue weighted by Gasteiger charge is -2.32. The first kappa shape index (κ1) is 23.9. The molecular weight excluding hydrogens is 396 g/mol. The lowest BCUT2D eigenvalue weighted by molar-refractivity contribution is -0.122. The summed E-state index contributed by atoms with van der Waals surface area (Å²) in [5.41, 5.74) is 6.83. The molecule has 0 aliphatic rings. The summed E-state index contributed by atoms with van der Waals surface area (Å²) in [6.45, 7) is 13.7. The van der Waals surface area contributed by atoms with Crippen LogP contribution in [-0.2, 0) is 14.8 Å². The van der Waals surface area contributed by atoms with Gasteiger partial charge in [0.05, 0.1) is 18.0 Å². The summed E-state index contributed by atoms with van der Waals surface area (Å²) in [7, 11) is -3.66. The molecule has 164 valence electrons. The molecule has 2 aromatic carbocycles. The molecule has 0 aliphatic heterocycles. The smallest absolute Gasteiger partial charge is 0.244 e. The minimum Gasteiger partial charge on any atom is -0.348 e. The van der Waals surface area contributed by atoms with E-state index in [1.54, 1.807) is 0 Å². The van der Waals surface area contributed by atoms with Crippen molar-refractivity contribution < 1.29 is 13.2 Å². The molecule has 2 aromatic rings. The summed E-state index contributed by atoms with van der Waals surface area (Å²) in [5, 5.41) is 3.05. The Morgan fingerprint density at radius 2 is 1.57 bits per heavy atom. The highest BCUT2D eigenvalue weighted by Crippen LogP contribution is 2.28. The second-order valence-electron chi connectivity index (χ2n) is 8.30. The third-order valence-electron chi connectivity index (χ3n) is 5.64. The first-order valence-electron chi connectivity index (χ1n) is 10.3. The van der Waals surface area contributed by atoms with Crippen molar-refractivity contribution in [3.05, 3.63) is 63.7 Å². The van der Waals surface area contributed by atoms with E-state index in [9.17, 15) is 13.2 Å². The van der Waals surface area contributed by atoms with Gasteiger partial charge in [0.2, 0.25) is 15.9 Å². The Morgan fingerprint density at radius 3 is 2.13 bits per heavy atom. The number of anilines is 1. The largest absolute Gasteiger partial charge is 0.348 e. The number of nitrogens with zero attached hydrogens (tertiary/aromatic N) is 1. The van der Waals surface area contributed by atoms with Gasteiger partial charge in [-0.05, 0) is 87.4 Å². The van der Waals surface area contributed by atoms with Crippen LogP contribution >= 0.6 is 0 Å². The number of carbonyl (C=O) groups excluding carboxylic acids is 1. The normalized spacial score (nSPS) is 13.6. The first-order valence-corrected chi connectivity index (χ1v) is 12.2. The summed E-state index contributed by atoms with van der Waals surface area (Å²) in [4.78, 5) is 13.3. The maximum absolute atomic E-state index is 13.3. The molecule has 2 rings (SSSR count). The van der Waals surface area contributed by atoms with Crippen LogP contribution in [-0.4, -0.2) is 26.6 Å². The van der Waals surface area contributed by atoms with Crippen LogP contribution in [0.3, 0.4) is 0 Å². The molecular formula is C24H34N2O3S. The standard InChI is InChI=1S/C24H34N2O3S/c1-9-22(26(30(8,28)29)23-12-15(2)10-11-16(23)3)24(27)25-20(7)21-14-18(5)17(4)13-19(21)6/h10-14,20,22H,9H2,1-8H3,(H,25,27)/t20-,22-/m1/s1. The van der Waals surface area contributed by atoms with E-state index in [4.69, 9.17) is 0 Å². The number of hydrogen-bond acceptors (Lipinski definition) is 3. The molecule has 30 heavy (non-hydrogen) atoms. The maximum atomic E-state index is 13.3. The van der Waals surface area contributed by atoms with Crippen molar-refractivity contribution in [3.63, 3.8) is 0 Å². The van der Waals surface area contributed by atoms with Gasteiger partial charge in [0, 0.05) is 0 Å². The van der Waals surface area contributed by atoms with Crippen molar-refractivity contribution in [1.82, 2.24) is 5.32 Å². The molecule has 0 radical (unpaired) electrons. The van der Waals surface area contributed by atoms with Crippen molar-refractivity contribution in [2.24, 2.45) is 0 Å². The Balaban J connectivity index is 2.41. The lowest BCUT2D eigenvalue weighted by atomic mass is 9.96. The topological polar surface area (TPSA) is 66.5 Å². The Hall–Kier alpha value is -2.34. The van der Waals surface area contributed by atoms with Crippen LogP contribution < -0.4 is 9.62 Å². The zero-order chi connectivity index (χ0) is 22.8. The van der Waals surface area contributed by atoms with Gasteiger partial charge in [0.1, 0.15) is 6.04 Å². The molecule has 1 amide bonds. The molecule has 1 N–H and O–H groups in total. The molecule has 0 aliphatic carbocycles. The number of benzene rings is 2. The SMILES string of the molecule is CC[C@H](C(=O)N[C@H](C)c1cc(C)c(C)cc1C)N(c1cc(C)ccc1C)S(C)(=O)=O. The van der Waals surface area contributed by atoms with E-state index >= 15 is 0 Å². The van der Waals surface area contributed by atoms with Gasteiger partial charge in [-0.1, -0.05) is 31.2 Å². The molecule has 0 saturated heterocycles. The number of nitrogens with one attached hydrogen (secondary N) is 1. The van der Waals surface area contributed by atoms with Gasteiger partial charge in [0.25, 0.3) is 0 Å². The third-order valence-corrected chi connectivity index (χ3v) is 6.81. The summed E-state index contributed by atoms with van der Waals surface area (Å²) >= 11 is 0. The number of rotatable bonds is 7. The van der Waals surface area contributed by atoms with Crippen LogP contribution in [0.4, 0.5) is 5.69 Å². The van der Waals surface area contributed by atoms with Crippen molar-refractivity contribution in [2.75, 3.05) is 10.6 Å². The third kappa shape index (κ3) is 5.22. The molecule has 0 fully saturated rings. The summed E-state index contributed by atoms with van der Waals surface area (Å²) < 4.78 is 26.7. The van der Waals surface area contributed by atoms with Crippen LogP contribution in [0.1, 0.15) is 59.7 Å². The van der Waals surface area contributed by atoms with Gasteiger partial charge in [0.15, 0.2) is 0 Å². The zero-order valence-electron chi connectivity index (χ0n) is 19.3. The fourth-order valence-corrected chi connectivity index (χ4v) is 5.09. The predicted molar refractivity (Wildman–Crippen MR) is 125 cm³/mol. The van der Waals surface area contributed by atoms with Crippen LogP contribution in [0.5, 0.6) is 0 Å². The fraction of sp³-hybridized carbons (Fsp3) is 0.458. The second-order valence-corrected chi connectivity index (χ2v) is 10.2. The van der Waals surface area contributed by atoms with Gasteiger partial charge in [-0.25, -0.2) is 8.42 Å². The molecule has 0 bridgehead atoms. The van der Waals surface area contributed by atoms with Crippen LogP contribution in [0.15, 0.2) is 30.3 Å². The number of carbonyl (C=O) groups is 1. The Bertz CT molecular complexity index is 1040. The quantitative estimate of drug-likeness (QED) is 0.695. The van der Waals surface area contributed by atoms with Crippen molar-refractivity contribution >= 4 is 21.6 Å². The van der Waals surface area contributed by atoms with E-state index in [2.05, 4.69) is 24.4 Å². The van der Waals surface area contributed by atoms with Gasteiger partial charge in [-0.2, -0.15) is 0 Å². The molecule has 0 unspecified atom stereocenters. The Labute approximate surface area is 181 Å². The fourth-order valence-electron chi connectivity index (χ4n) is 3.83. The zero-order valence-corrected chi connectivity index (χ0v) is 20.1. The average Bonchev–Trinajstić information content (AvgIpc) is 2.63. The van der Waals surface area contributed by atoms with Crippen LogP contribution in [0, 0.1) is 34.6 Å². The highest BCUT2D eigenvalue weighted by atomic mass is 32.2. The molecule has 0 saturated carbocycles. The lowest BCUT2D eigenvalue weighted by Crippen LogP contribution is -2.50. The van der Waals surface area contributed by atoms with E-state index < -0.39 is 16.1 Å². The van der Waals surface area contributed by atoms with Crippen molar-refractivity contribution in [1.29, 1.82) is 0 Å². The number of sulfonamides is 1. The van der Waals surface area contributed by atoms with E-state index in [1.807, 2.05) is 59.7 Å².